The largest absolute Gasteiger partial charge is 0.396 e. The highest BCUT2D eigenvalue weighted by Gasteiger charge is 1.98. The van der Waals surface area contributed by atoms with Crippen molar-refractivity contribution in [2.24, 2.45) is 5.18 Å². The molecular weight excluding hydrogens is 147 g/mol. The van der Waals surface area contributed by atoms with E-state index in [2.05, 4.69) is 5.18 Å². The summed E-state index contributed by atoms with van der Waals surface area (Å²) in [5.74, 6) is -0.473. The summed E-state index contributed by atoms with van der Waals surface area (Å²) >= 11 is 0. The third-order valence-electron chi connectivity index (χ3n) is 1.31. The van der Waals surface area contributed by atoms with Crippen LogP contribution in [0.5, 0.6) is 0 Å². The first-order valence-corrected chi connectivity index (χ1v) is 3.07. The molecule has 0 aliphatic carbocycles. The fourth-order valence-electron chi connectivity index (χ4n) is 0.766. The minimum absolute atomic E-state index is 0.0322. The summed E-state index contributed by atoms with van der Waals surface area (Å²) in [5, 5.41) is 2.65. The van der Waals surface area contributed by atoms with E-state index in [0.29, 0.717) is 5.56 Å². The van der Waals surface area contributed by atoms with Crippen LogP contribution in [-0.2, 0) is 6.54 Å². The molecule has 0 amide bonds. The number of hydrogen-bond acceptors (Lipinski definition) is 3. The van der Waals surface area contributed by atoms with Crippen molar-refractivity contribution in [2.75, 3.05) is 5.73 Å². The third kappa shape index (κ3) is 1.73. The van der Waals surface area contributed by atoms with Gasteiger partial charge in [-0.1, -0.05) is 11.2 Å². The van der Waals surface area contributed by atoms with Gasteiger partial charge in [0.05, 0.1) is 5.69 Å². The second-order valence-corrected chi connectivity index (χ2v) is 2.14. The van der Waals surface area contributed by atoms with E-state index in [9.17, 15) is 9.30 Å². The average Bonchev–Trinajstić information content (AvgIpc) is 1.98. The summed E-state index contributed by atoms with van der Waals surface area (Å²) in [4.78, 5) is 9.79. The van der Waals surface area contributed by atoms with E-state index in [-0.39, 0.29) is 12.2 Å². The quantitative estimate of drug-likeness (QED) is 0.520. The van der Waals surface area contributed by atoms with Gasteiger partial charge in [0, 0.05) is 0 Å². The van der Waals surface area contributed by atoms with Gasteiger partial charge >= 0.3 is 0 Å². The Bertz CT molecular complexity index is 275. The van der Waals surface area contributed by atoms with E-state index in [1.165, 1.54) is 18.2 Å². The molecule has 4 heteroatoms. The van der Waals surface area contributed by atoms with Gasteiger partial charge in [-0.05, 0) is 17.7 Å². The zero-order valence-corrected chi connectivity index (χ0v) is 5.75. The van der Waals surface area contributed by atoms with Crippen molar-refractivity contribution in [3.63, 3.8) is 0 Å². The Balaban J connectivity index is 2.95. The van der Waals surface area contributed by atoms with Crippen LogP contribution < -0.4 is 5.73 Å². The molecule has 0 unspecified atom stereocenters. The fraction of sp³-hybridized carbons (Fsp3) is 0.143. The normalized spacial score (nSPS) is 9.55. The number of nitrogens with zero attached hydrogens (tertiary/aromatic N) is 1. The van der Waals surface area contributed by atoms with Crippen LogP contribution >= 0.6 is 0 Å². The number of halogens is 1. The van der Waals surface area contributed by atoms with E-state index >= 15 is 0 Å². The number of rotatable bonds is 2. The maximum absolute atomic E-state index is 12.5. The van der Waals surface area contributed by atoms with E-state index in [1.54, 1.807) is 0 Å². The topological polar surface area (TPSA) is 55.4 Å². The summed E-state index contributed by atoms with van der Waals surface area (Å²) in [6.45, 7) is 0.0322. The van der Waals surface area contributed by atoms with Crippen molar-refractivity contribution in [3.05, 3.63) is 34.5 Å². The molecule has 3 nitrogen and oxygen atoms in total. The molecule has 1 rings (SSSR count). The smallest absolute Gasteiger partial charge is 0.146 e. The molecule has 0 aliphatic heterocycles. The molecule has 0 saturated carbocycles. The molecule has 1 aromatic carbocycles. The SMILES string of the molecule is Nc1cc(CN=O)ccc1F. The summed E-state index contributed by atoms with van der Waals surface area (Å²) in [6.07, 6.45) is 0. The van der Waals surface area contributed by atoms with Crippen LogP contribution in [0.25, 0.3) is 0 Å². The number of hydrogen-bond donors (Lipinski definition) is 1. The van der Waals surface area contributed by atoms with Crippen molar-refractivity contribution in [1.82, 2.24) is 0 Å². The lowest BCUT2D eigenvalue weighted by Crippen LogP contribution is -1.91. The number of benzene rings is 1. The second kappa shape index (κ2) is 3.09. The van der Waals surface area contributed by atoms with Crippen molar-refractivity contribution in [2.45, 2.75) is 6.54 Å². The zero-order valence-electron chi connectivity index (χ0n) is 5.75. The highest BCUT2D eigenvalue weighted by molar-refractivity contribution is 5.42. The van der Waals surface area contributed by atoms with Crippen LogP contribution in [0.15, 0.2) is 23.4 Å². The van der Waals surface area contributed by atoms with Gasteiger partial charge in [-0.25, -0.2) is 4.39 Å². The van der Waals surface area contributed by atoms with Gasteiger partial charge in [0.2, 0.25) is 0 Å². The molecule has 11 heavy (non-hydrogen) atoms. The van der Waals surface area contributed by atoms with Crippen LogP contribution in [0.3, 0.4) is 0 Å². The lowest BCUT2D eigenvalue weighted by atomic mass is 10.2. The monoisotopic (exact) mass is 154 g/mol. The van der Waals surface area contributed by atoms with Gasteiger partial charge in [-0.15, -0.1) is 0 Å². The van der Waals surface area contributed by atoms with Crippen molar-refractivity contribution in [1.29, 1.82) is 0 Å². The predicted octanol–water partition coefficient (Wildman–Crippen LogP) is 1.67. The number of nitrogen functional groups attached to an aromatic ring is 1. The van der Waals surface area contributed by atoms with Gasteiger partial charge in [-0.3, -0.25) is 0 Å². The maximum Gasteiger partial charge on any atom is 0.146 e. The highest BCUT2D eigenvalue weighted by atomic mass is 19.1. The van der Waals surface area contributed by atoms with Crippen LogP contribution in [0.2, 0.25) is 0 Å². The second-order valence-electron chi connectivity index (χ2n) is 2.14. The Morgan fingerprint density at radius 3 is 2.82 bits per heavy atom. The maximum atomic E-state index is 12.5. The molecule has 0 spiro atoms. The number of nitrogens with two attached hydrogens (primary N) is 1. The summed E-state index contributed by atoms with van der Waals surface area (Å²) < 4.78 is 12.5. The zero-order chi connectivity index (χ0) is 8.27. The molecule has 58 valence electrons. The molecule has 0 saturated heterocycles. The third-order valence-corrected chi connectivity index (χ3v) is 1.31. The van der Waals surface area contributed by atoms with Gasteiger partial charge in [0.1, 0.15) is 12.4 Å². The Morgan fingerprint density at radius 1 is 1.55 bits per heavy atom. The Kier molecular flexibility index (Phi) is 2.15. The van der Waals surface area contributed by atoms with Crippen LogP contribution in [-0.4, -0.2) is 0 Å². The molecular formula is C7H7FN2O. The fourth-order valence-corrected chi connectivity index (χ4v) is 0.766. The summed E-state index contributed by atoms with van der Waals surface area (Å²) in [6, 6.07) is 4.10. The van der Waals surface area contributed by atoms with E-state index in [0.717, 1.165) is 0 Å². The first kappa shape index (κ1) is 7.65. The van der Waals surface area contributed by atoms with Crippen molar-refractivity contribution < 1.29 is 4.39 Å². The molecule has 0 bridgehead atoms. The highest BCUT2D eigenvalue weighted by Crippen LogP contribution is 2.12. The minimum atomic E-state index is -0.473. The molecule has 0 fully saturated rings. The molecule has 0 radical (unpaired) electrons. The summed E-state index contributed by atoms with van der Waals surface area (Å²) in [7, 11) is 0. The van der Waals surface area contributed by atoms with Gasteiger partial charge in [0.15, 0.2) is 0 Å². The average molecular weight is 154 g/mol. The summed E-state index contributed by atoms with van der Waals surface area (Å²) in [5.41, 5.74) is 5.90. The standard InChI is InChI=1S/C7H7FN2O/c8-6-2-1-5(4-10-11)3-7(6)9/h1-3H,4,9H2. The van der Waals surface area contributed by atoms with Crippen molar-refractivity contribution in [3.8, 4) is 0 Å². The number of anilines is 1. The van der Waals surface area contributed by atoms with E-state index in [1.807, 2.05) is 0 Å². The van der Waals surface area contributed by atoms with Gasteiger partial charge in [0.25, 0.3) is 0 Å². The van der Waals surface area contributed by atoms with Crippen LogP contribution in [0, 0.1) is 10.7 Å². The Labute approximate surface area is 63.0 Å². The van der Waals surface area contributed by atoms with E-state index in [4.69, 9.17) is 5.73 Å². The molecule has 0 aromatic heterocycles. The van der Waals surface area contributed by atoms with E-state index < -0.39 is 5.82 Å². The first-order chi connectivity index (χ1) is 5.24. The lowest BCUT2D eigenvalue weighted by Gasteiger charge is -1.97. The predicted molar refractivity (Wildman–Crippen MR) is 40.3 cm³/mol. The van der Waals surface area contributed by atoms with Gasteiger partial charge in [-0.2, -0.15) is 4.91 Å². The molecule has 1 aromatic rings. The molecule has 2 N–H and O–H groups in total. The van der Waals surface area contributed by atoms with Crippen LogP contribution in [0.1, 0.15) is 5.56 Å². The first-order valence-electron chi connectivity index (χ1n) is 3.07. The number of nitroso groups, excluding NO2 is 1. The van der Waals surface area contributed by atoms with Crippen molar-refractivity contribution >= 4 is 5.69 Å². The van der Waals surface area contributed by atoms with Gasteiger partial charge < -0.3 is 5.73 Å². The molecule has 0 aliphatic rings. The Hall–Kier alpha value is -1.45. The molecule has 0 atom stereocenters. The Morgan fingerprint density at radius 2 is 2.27 bits per heavy atom. The minimum Gasteiger partial charge on any atom is -0.396 e. The van der Waals surface area contributed by atoms with Crippen LogP contribution in [0.4, 0.5) is 10.1 Å². The lowest BCUT2D eigenvalue weighted by molar-refractivity contribution is 0.632. The molecule has 0 heterocycles.